The summed E-state index contributed by atoms with van der Waals surface area (Å²) in [7, 11) is 0. The zero-order valence-corrected chi connectivity index (χ0v) is 25.6. The smallest absolute Gasteiger partial charge is 0.310 e. The molecule has 8 atom stereocenters. The Balaban J connectivity index is 1.47. The molecule has 4 aliphatic rings. The van der Waals surface area contributed by atoms with Crippen molar-refractivity contribution in [2.24, 2.45) is 46.3 Å². The van der Waals surface area contributed by atoms with Crippen LogP contribution in [-0.4, -0.2) is 17.2 Å². The monoisotopic (exact) mass is 526 g/mol. The fraction of sp³-hybridized carbons (Fsp3) is 0.857. The molecule has 0 aromatic carbocycles. The topological polar surface area (TPSA) is 46.5 Å². The second-order valence-corrected chi connectivity index (χ2v) is 14.5. The number of carbonyl (C=O) groups excluding carboxylic acids is 1. The van der Waals surface area contributed by atoms with Gasteiger partial charge in [0.1, 0.15) is 5.76 Å². The zero-order chi connectivity index (χ0) is 27.5. The van der Waals surface area contributed by atoms with Crippen LogP contribution in [-0.2, 0) is 9.53 Å². The van der Waals surface area contributed by atoms with Crippen LogP contribution in [0.4, 0.5) is 0 Å². The van der Waals surface area contributed by atoms with Crippen LogP contribution in [0, 0.1) is 46.3 Å². The lowest BCUT2D eigenvalue weighted by Gasteiger charge is -2.58. The van der Waals surface area contributed by atoms with Crippen LogP contribution < -0.4 is 0 Å². The molecule has 1 N–H and O–H groups in total. The normalized spacial score (nSPS) is 37.1. The predicted octanol–water partition coefficient (Wildman–Crippen LogP) is 9.40. The highest BCUT2D eigenvalue weighted by Crippen LogP contribution is 2.67. The Kier molecular flexibility index (Phi) is 9.92. The first-order chi connectivity index (χ1) is 18.1. The van der Waals surface area contributed by atoms with Crippen molar-refractivity contribution in [2.45, 2.75) is 144 Å². The van der Waals surface area contributed by atoms with Gasteiger partial charge in [-0.1, -0.05) is 91.2 Å². The summed E-state index contributed by atoms with van der Waals surface area (Å²) in [5.41, 5.74) is 1.51. The van der Waals surface area contributed by atoms with Gasteiger partial charge in [-0.15, -0.1) is 0 Å². The third-order valence-corrected chi connectivity index (χ3v) is 11.7. The molecule has 3 heteroatoms. The van der Waals surface area contributed by atoms with Crippen LogP contribution in [0.5, 0.6) is 0 Å². The number of hydrogen-bond donors (Lipinski definition) is 1. The maximum absolute atomic E-state index is 12.9. The Bertz CT molecular complexity index is 870. The lowest BCUT2D eigenvalue weighted by Crippen LogP contribution is -2.51. The van der Waals surface area contributed by atoms with Gasteiger partial charge in [0, 0.05) is 11.8 Å². The number of unbranched alkanes of at least 4 members (excludes halogenated alkanes) is 4. The summed E-state index contributed by atoms with van der Waals surface area (Å²) in [5, 5.41) is 10.7. The second kappa shape index (κ2) is 12.6. The molecule has 0 amide bonds. The van der Waals surface area contributed by atoms with Gasteiger partial charge in [0.25, 0.3) is 0 Å². The van der Waals surface area contributed by atoms with Crippen LogP contribution in [0.15, 0.2) is 23.5 Å². The standard InChI is InChI=1S/C35H58O3/c1-7-8-9-10-11-15-33(37)38-32-23-27(36)22-26-16-17-28-30-19-18-29(25(4)14-12-13-24(2)3)34(30,5)21-20-31(28)35(26,32)6/h16,23-25,27-31,36H,7-15,17-22H2,1-6H3/t25-,27+,28+,29-,30+,31+,34-,35+/m1/s1. The molecule has 4 aliphatic carbocycles. The number of aliphatic hydroxyl groups excluding tert-OH is 1. The summed E-state index contributed by atoms with van der Waals surface area (Å²) in [5.74, 6) is 5.03. The molecule has 2 saturated carbocycles. The summed E-state index contributed by atoms with van der Waals surface area (Å²) < 4.78 is 6.17. The highest BCUT2D eigenvalue weighted by molar-refractivity contribution is 5.71. The summed E-state index contributed by atoms with van der Waals surface area (Å²) >= 11 is 0. The first-order valence-corrected chi connectivity index (χ1v) is 16.4. The first-order valence-electron chi connectivity index (χ1n) is 16.4. The van der Waals surface area contributed by atoms with E-state index < -0.39 is 6.10 Å². The maximum Gasteiger partial charge on any atom is 0.310 e. The predicted molar refractivity (Wildman–Crippen MR) is 157 cm³/mol. The average Bonchev–Trinajstić information content (AvgIpc) is 3.22. The number of fused-ring (bicyclic) bond motifs is 5. The Morgan fingerprint density at radius 3 is 2.53 bits per heavy atom. The highest BCUT2D eigenvalue weighted by atomic mass is 16.5. The Labute approximate surface area is 234 Å². The van der Waals surface area contributed by atoms with E-state index in [1.165, 1.54) is 69.8 Å². The van der Waals surface area contributed by atoms with Gasteiger partial charge in [-0.25, -0.2) is 0 Å². The van der Waals surface area contributed by atoms with Crippen LogP contribution in [0.25, 0.3) is 0 Å². The van der Waals surface area contributed by atoms with E-state index in [2.05, 4.69) is 47.6 Å². The van der Waals surface area contributed by atoms with E-state index in [0.717, 1.165) is 48.7 Å². The van der Waals surface area contributed by atoms with Crippen molar-refractivity contribution in [3.05, 3.63) is 23.5 Å². The van der Waals surface area contributed by atoms with Crippen molar-refractivity contribution in [1.82, 2.24) is 0 Å². The Morgan fingerprint density at radius 2 is 1.79 bits per heavy atom. The third-order valence-electron chi connectivity index (χ3n) is 11.7. The maximum atomic E-state index is 12.9. The van der Waals surface area contributed by atoms with Crippen molar-refractivity contribution in [3.63, 3.8) is 0 Å². The number of allylic oxidation sites excluding steroid dienone is 2. The lowest BCUT2D eigenvalue weighted by molar-refractivity contribution is -0.143. The number of ether oxygens (including phenoxy) is 1. The molecule has 0 spiro atoms. The molecule has 2 fully saturated rings. The van der Waals surface area contributed by atoms with E-state index >= 15 is 0 Å². The number of rotatable bonds is 12. The van der Waals surface area contributed by atoms with E-state index in [1.54, 1.807) is 0 Å². The molecule has 38 heavy (non-hydrogen) atoms. The van der Waals surface area contributed by atoms with E-state index in [4.69, 9.17) is 4.74 Å². The molecule has 0 heterocycles. The summed E-state index contributed by atoms with van der Waals surface area (Å²) in [4.78, 5) is 12.9. The van der Waals surface area contributed by atoms with Gasteiger partial charge < -0.3 is 9.84 Å². The van der Waals surface area contributed by atoms with Gasteiger partial charge in [-0.05, 0) is 98.9 Å². The first kappa shape index (κ1) is 29.9. The van der Waals surface area contributed by atoms with E-state index in [1.807, 2.05) is 6.08 Å². The van der Waals surface area contributed by atoms with Crippen molar-refractivity contribution < 1.29 is 14.6 Å². The van der Waals surface area contributed by atoms with Gasteiger partial charge in [-0.2, -0.15) is 0 Å². The minimum Gasteiger partial charge on any atom is -0.430 e. The lowest BCUT2D eigenvalue weighted by atomic mass is 9.47. The van der Waals surface area contributed by atoms with Crippen LogP contribution in [0.3, 0.4) is 0 Å². The van der Waals surface area contributed by atoms with E-state index in [-0.39, 0.29) is 11.4 Å². The van der Waals surface area contributed by atoms with E-state index in [9.17, 15) is 9.90 Å². The Hall–Kier alpha value is -1.09. The van der Waals surface area contributed by atoms with Gasteiger partial charge in [0.2, 0.25) is 0 Å². The van der Waals surface area contributed by atoms with E-state index in [0.29, 0.717) is 30.1 Å². The summed E-state index contributed by atoms with van der Waals surface area (Å²) in [6.07, 6.45) is 21.1. The van der Waals surface area contributed by atoms with Gasteiger partial charge in [0.05, 0.1) is 6.10 Å². The van der Waals surface area contributed by atoms with Crippen molar-refractivity contribution in [2.75, 3.05) is 0 Å². The third kappa shape index (κ3) is 5.98. The number of esters is 1. The molecule has 0 aliphatic heterocycles. The molecular formula is C35H58O3. The molecule has 4 rings (SSSR count). The van der Waals surface area contributed by atoms with Crippen molar-refractivity contribution >= 4 is 5.97 Å². The quantitative estimate of drug-likeness (QED) is 0.156. The number of aliphatic hydroxyl groups is 1. The summed E-state index contributed by atoms with van der Waals surface area (Å²) in [6, 6.07) is 0. The SMILES string of the molecule is CCCCCCCC(=O)OC1=C[C@@H](O)CC2=CC[C@@H]3[C@H](CC[C@]4(C)[C@@H]([C@H](C)CCCC(C)C)CC[C@@H]34)[C@]21C. The minimum absolute atomic E-state index is 0.110. The molecule has 0 aromatic rings. The molecule has 3 nitrogen and oxygen atoms in total. The fourth-order valence-electron chi connectivity index (χ4n) is 9.54. The molecule has 216 valence electrons. The number of carbonyl (C=O) groups is 1. The largest absolute Gasteiger partial charge is 0.430 e. The molecule has 0 radical (unpaired) electrons. The minimum atomic E-state index is -0.547. The van der Waals surface area contributed by atoms with Crippen molar-refractivity contribution in [1.29, 1.82) is 0 Å². The fourth-order valence-corrected chi connectivity index (χ4v) is 9.54. The summed E-state index contributed by atoms with van der Waals surface area (Å²) in [6.45, 7) is 14.4. The molecular weight excluding hydrogens is 468 g/mol. The Morgan fingerprint density at radius 1 is 1.03 bits per heavy atom. The van der Waals surface area contributed by atoms with Gasteiger partial charge in [-0.3, -0.25) is 4.79 Å². The van der Waals surface area contributed by atoms with Crippen molar-refractivity contribution in [3.8, 4) is 0 Å². The van der Waals surface area contributed by atoms with Crippen LogP contribution >= 0.6 is 0 Å². The average molecular weight is 527 g/mol. The van der Waals surface area contributed by atoms with Gasteiger partial charge in [0.15, 0.2) is 0 Å². The van der Waals surface area contributed by atoms with Crippen LogP contribution in [0.1, 0.15) is 138 Å². The molecule has 0 unspecified atom stereocenters. The number of hydrogen-bond acceptors (Lipinski definition) is 3. The highest BCUT2D eigenvalue weighted by Gasteiger charge is 2.60. The molecule has 0 saturated heterocycles. The van der Waals surface area contributed by atoms with Gasteiger partial charge >= 0.3 is 5.97 Å². The van der Waals surface area contributed by atoms with Crippen LogP contribution in [0.2, 0.25) is 0 Å². The molecule has 0 bridgehead atoms. The second-order valence-electron chi connectivity index (χ2n) is 14.5. The zero-order valence-electron chi connectivity index (χ0n) is 25.6. The molecule has 0 aromatic heterocycles.